The molecule has 1 saturated heterocycles. The summed E-state index contributed by atoms with van der Waals surface area (Å²) < 4.78 is 22.7. The topological polar surface area (TPSA) is 265 Å². The van der Waals surface area contributed by atoms with Crippen molar-refractivity contribution in [1.29, 1.82) is 0 Å². The molecule has 0 radical (unpaired) electrons. The van der Waals surface area contributed by atoms with Crippen LogP contribution in [-0.2, 0) is 62.2 Å². The molecule has 0 saturated carbocycles. The van der Waals surface area contributed by atoms with E-state index in [1.807, 2.05) is 126 Å². The molecule has 1 aliphatic carbocycles. The number of H-pyrrole nitrogens is 1. The van der Waals surface area contributed by atoms with Crippen molar-refractivity contribution < 1.29 is 57.3 Å². The van der Waals surface area contributed by atoms with Gasteiger partial charge in [0, 0.05) is 55.4 Å². The zero-order chi connectivity index (χ0) is 66.1. The van der Waals surface area contributed by atoms with Crippen LogP contribution < -0.4 is 36.6 Å². The Bertz CT molecular complexity index is 3510. The second-order valence-corrected chi connectivity index (χ2v) is 25.9. The highest BCUT2D eigenvalue weighted by Crippen LogP contribution is 2.44. The molecule has 7 amide bonds. The predicted molar refractivity (Wildman–Crippen MR) is 351 cm³/mol. The number of carbonyl (C=O) groups excluding carboxylic acids is 8. The minimum Gasteiger partial charge on any atom is -0.488 e. The number of carbonyl (C=O) groups is 8. The molecule has 20 heteroatoms. The van der Waals surface area contributed by atoms with E-state index in [9.17, 15) is 24.0 Å². The largest absolute Gasteiger partial charge is 0.488 e. The number of hydrogen-bond donors (Lipinski definition) is 7. The molecule has 0 bridgehead atoms. The number of fused-ring (bicyclic) bond motifs is 4. The number of amides is 7. The van der Waals surface area contributed by atoms with Gasteiger partial charge in [-0.25, -0.2) is 14.4 Å². The molecule has 8 rings (SSSR count). The lowest BCUT2D eigenvalue weighted by Gasteiger charge is -2.31. The first-order chi connectivity index (χ1) is 43.9. The summed E-state index contributed by atoms with van der Waals surface area (Å²) in [5.74, 6) is -3.75. The number of aromatic amines is 1. The van der Waals surface area contributed by atoms with Crippen LogP contribution in [0, 0.1) is 5.92 Å². The van der Waals surface area contributed by atoms with Crippen molar-refractivity contribution in [3.05, 3.63) is 174 Å². The number of para-hydroxylation sites is 1. The molecule has 5 aromatic carbocycles. The fraction of sp³-hybridized carbons (Fsp3) is 0.417. The smallest absolute Gasteiger partial charge is 0.407 e. The summed E-state index contributed by atoms with van der Waals surface area (Å²) >= 11 is 0. The highest BCUT2D eigenvalue weighted by molar-refractivity contribution is 5.98. The molecule has 1 aliphatic heterocycles. The van der Waals surface area contributed by atoms with Crippen LogP contribution in [0.2, 0.25) is 0 Å². The van der Waals surface area contributed by atoms with Gasteiger partial charge < -0.3 is 60.7 Å². The van der Waals surface area contributed by atoms with Crippen LogP contribution in [0.5, 0.6) is 5.75 Å². The van der Waals surface area contributed by atoms with Crippen LogP contribution >= 0.6 is 0 Å². The average molecular weight is 1260 g/mol. The minimum absolute atomic E-state index is 0.00315. The van der Waals surface area contributed by atoms with Gasteiger partial charge in [0.15, 0.2) is 0 Å². The molecule has 92 heavy (non-hydrogen) atoms. The molecule has 1 aromatic heterocycles. The van der Waals surface area contributed by atoms with E-state index in [4.69, 9.17) is 18.9 Å². The van der Waals surface area contributed by atoms with Crippen LogP contribution in [0.1, 0.15) is 121 Å². The number of nitrogens with zero attached hydrogens (tertiary/aromatic N) is 1. The molecule has 20 nitrogen and oxygen atoms in total. The van der Waals surface area contributed by atoms with Gasteiger partial charge in [-0.2, -0.15) is 0 Å². The Morgan fingerprint density at radius 1 is 0.630 bits per heavy atom. The number of alkyl carbamates (subject to hydrolysis) is 2. The lowest BCUT2D eigenvalue weighted by Crippen LogP contribution is -2.60. The summed E-state index contributed by atoms with van der Waals surface area (Å²) in [4.78, 5) is 119. The van der Waals surface area contributed by atoms with Gasteiger partial charge in [-0.3, -0.25) is 24.0 Å². The van der Waals surface area contributed by atoms with Gasteiger partial charge >= 0.3 is 18.2 Å². The SMILES string of the molecule is C=CCOC(=O)[C@H](CCCNC(=O)OC(C)(C)C)NC(=O)[C@@H](Cc1ccccc1)NC(=O)[C@H](Cc1c[nH]c2ccccc12)NC(=O)[C@@H]1CCCN1C(=O)[C@@H](Cc1ccc(OC(C)(C)C)cc1)NC(=O)[C@H](CC(C)C)NC(=O)OCC1c2ccccc2-c2ccccc21. The molecule has 1 fully saturated rings. The van der Waals surface area contributed by atoms with Crippen molar-refractivity contribution in [3.63, 3.8) is 0 Å². The van der Waals surface area contributed by atoms with Crippen LogP contribution in [0.3, 0.4) is 0 Å². The first kappa shape index (κ1) is 68.4. The van der Waals surface area contributed by atoms with E-state index in [2.05, 4.69) is 43.5 Å². The molecular weight excluding hydrogens is 1170 g/mol. The summed E-state index contributed by atoms with van der Waals surface area (Å²) in [5, 5.41) is 17.9. The third kappa shape index (κ3) is 19.3. The molecule has 6 atom stereocenters. The Hall–Kier alpha value is -9.46. The van der Waals surface area contributed by atoms with Gasteiger partial charge in [-0.1, -0.05) is 136 Å². The van der Waals surface area contributed by atoms with Crippen molar-refractivity contribution >= 4 is 58.6 Å². The Morgan fingerprint density at radius 3 is 1.87 bits per heavy atom. The maximum atomic E-state index is 15.4. The minimum atomic E-state index is -1.33. The Labute approximate surface area is 538 Å². The van der Waals surface area contributed by atoms with Crippen LogP contribution in [0.4, 0.5) is 9.59 Å². The van der Waals surface area contributed by atoms with Crippen molar-refractivity contribution in [3.8, 4) is 16.9 Å². The molecular formula is C72H88N8O12. The van der Waals surface area contributed by atoms with Crippen LogP contribution in [0.15, 0.2) is 146 Å². The number of ether oxygens (including phenoxy) is 4. The highest BCUT2D eigenvalue weighted by Gasteiger charge is 2.41. The van der Waals surface area contributed by atoms with E-state index < -0.39 is 95.1 Å². The first-order valence-corrected chi connectivity index (χ1v) is 31.7. The fourth-order valence-electron chi connectivity index (χ4n) is 11.6. The maximum Gasteiger partial charge on any atom is 0.407 e. The molecule has 2 heterocycles. The number of nitrogens with one attached hydrogen (secondary N) is 7. The number of esters is 1. The summed E-state index contributed by atoms with van der Waals surface area (Å²) in [5.41, 5.74) is 5.78. The predicted octanol–water partition coefficient (Wildman–Crippen LogP) is 9.29. The van der Waals surface area contributed by atoms with E-state index in [1.54, 1.807) is 63.4 Å². The summed E-state index contributed by atoms with van der Waals surface area (Å²) in [7, 11) is 0. The normalized spacial score (nSPS) is 15.3. The van der Waals surface area contributed by atoms with Crippen LogP contribution in [0.25, 0.3) is 22.0 Å². The molecule has 0 unspecified atom stereocenters. The summed E-state index contributed by atoms with van der Waals surface area (Å²) in [6.07, 6.45) is 2.72. The van der Waals surface area contributed by atoms with Crippen LogP contribution in [-0.4, -0.2) is 131 Å². The second kappa shape index (κ2) is 31.5. The molecule has 2 aliphatic rings. The van der Waals surface area contributed by atoms with Gasteiger partial charge in [0.25, 0.3) is 0 Å². The van der Waals surface area contributed by atoms with Crippen molar-refractivity contribution in [2.75, 3.05) is 26.3 Å². The zero-order valence-corrected chi connectivity index (χ0v) is 53.9. The second-order valence-electron chi connectivity index (χ2n) is 25.9. The van der Waals surface area contributed by atoms with Gasteiger partial charge in [-0.05, 0) is 137 Å². The Morgan fingerprint density at radius 2 is 1.22 bits per heavy atom. The summed E-state index contributed by atoms with van der Waals surface area (Å²) in [6, 6.07) is 32.3. The standard InChI is InChI=1S/C72H88N8O12/c1-10-38-89-68(86)57(30-20-36-73-69(87)92-72(7,8)9)75-64(82)59(40-46-22-12-11-13-23-46)76-65(83)60(42-48-43-74-56-29-19-18-24-50(48)56)77-66(84)62-31-21-37-80(62)67(85)61(41-47-32-34-49(35-33-47)91-71(4,5)6)78-63(81)58(39-45(2)3)79-70(88)90-44-55-53-27-16-14-25-51(53)52-26-15-17-28-54(52)55/h10-19,22-29,32-35,43,45,55,57-62,74H,1,20-21,30-31,36-42,44H2,2-9H3,(H,73,87)(H,75,82)(H,76,83)(H,77,84)(H,78,81)(H,79,88)/t57-,58-,59+,60-,61+,62-/m0/s1. The average Bonchev–Trinajstić information content (AvgIpc) is 1.63. The fourth-order valence-corrected chi connectivity index (χ4v) is 11.6. The first-order valence-electron chi connectivity index (χ1n) is 31.7. The zero-order valence-electron chi connectivity index (χ0n) is 53.9. The lowest BCUT2D eigenvalue weighted by molar-refractivity contribution is -0.147. The van der Waals surface area contributed by atoms with E-state index in [0.717, 1.165) is 33.2 Å². The monoisotopic (exact) mass is 1260 g/mol. The number of aromatic nitrogens is 1. The number of hydrogen-bond acceptors (Lipinski definition) is 12. The quantitative estimate of drug-likeness (QED) is 0.0105. The molecule has 6 aromatic rings. The van der Waals surface area contributed by atoms with Crippen molar-refractivity contribution in [2.24, 2.45) is 5.92 Å². The van der Waals surface area contributed by atoms with E-state index in [-0.39, 0.29) is 83.1 Å². The number of likely N-dealkylation sites (tertiary alicyclic amines) is 1. The lowest BCUT2D eigenvalue weighted by atomic mass is 9.98. The Kier molecular flexibility index (Phi) is 23.5. The third-order valence-corrected chi connectivity index (χ3v) is 15.8. The highest BCUT2D eigenvalue weighted by atomic mass is 16.6. The number of benzene rings is 5. The van der Waals surface area contributed by atoms with Gasteiger partial charge in [0.2, 0.25) is 29.5 Å². The molecule has 488 valence electrons. The van der Waals surface area contributed by atoms with Gasteiger partial charge in [0.05, 0.1) is 0 Å². The van der Waals surface area contributed by atoms with E-state index in [1.165, 1.54) is 11.0 Å². The molecule has 0 spiro atoms. The van der Waals surface area contributed by atoms with Crippen molar-refractivity contribution in [2.45, 2.75) is 160 Å². The van der Waals surface area contributed by atoms with E-state index in [0.29, 0.717) is 28.9 Å². The molecule has 7 N–H and O–H groups in total. The number of rotatable bonds is 28. The van der Waals surface area contributed by atoms with Crippen molar-refractivity contribution in [1.82, 2.24) is 41.8 Å². The van der Waals surface area contributed by atoms with Gasteiger partial charge in [-0.15, -0.1) is 0 Å². The Balaban J connectivity index is 1.03. The maximum absolute atomic E-state index is 15.4. The summed E-state index contributed by atoms with van der Waals surface area (Å²) in [6.45, 7) is 18.6. The van der Waals surface area contributed by atoms with Gasteiger partial charge in [0.1, 0.15) is 66.4 Å². The van der Waals surface area contributed by atoms with E-state index >= 15 is 14.4 Å². The third-order valence-electron chi connectivity index (χ3n) is 15.8.